The van der Waals surface area contributed by atoms with E-state index in [4.69, 9.17) is 14.6 Å². The van der Waals surface area contributed by atoms with E-state index in [2.05, 4.69) is 23.2 Å². The average Bonchev–Trinajstić information content (AvgIpc) is 3.06. The summed E-state index contributed by atoms with van der Waals surface area (Å²) < 4.78 is 36.8. The molecular formula is C23H20N2O4S2. The Kier molecular flexibility index (Phi) is 5.13. The minimum Gasteiger partial charge on any atom is -0.490 e. The van der Waals surface area contributed by atoms with Gasteiger partial charge in [-0.3, -0.25) is 4.98 Å². The Bertz CT molecular complexity index is 1300. The van der Waals surface area contributed by atoms with Gasteiger partial charge in [0.2, 0.25) is 10.0 Å². The van der Waals surface area contributed by atoms with Crippen molar-refractivity contribution in [3.63, 3.8) is 0 Å². The monoisotopic (exact) mass is 452 g/mol. The first-order valence-electron chi connectivity index (χ1n) is 9.84. The van der Waals surface area contributed by atoms with Crippen LogP contribution in [0.4, 0.5) is 0 Å². The van der Waals surface area contributed by atoms with Crippen molar-refractivity contribution < 1.29 is 17.9 Å². The Labute approximate surface area is 184 Å². The van der Waals surface area contributed by atoms with Crippen molar-refractivity contribution in [3.05, 3.63) is 83.5 Å². The topological polar surface area (TPSA) is 91.5 Å². The molecule has 2 aromatic carbocycles. The molecule has 0 amide bonds. The number of sulfonamides is 1. The number of hydrogen-bond donors (Lipinski definition) is 1. The van der Waals surface area contributed by atoms with Gasteiger partial charge in [-0.2, -0.15) is 0 Å². The molecule has 1 aliphatic rings. The first kappa shape index (κ1) is 20.0. The third-order valence-electron chi connectivity index (χ3n) is 5.36. The van der Waals surface area contributed by atoms with Crippen LogP contribution in [-0.2, 0) is 10.0 Å². The zero-order valence-electron chi connectivity index (χ0n) is 16.5. The number of primary sulfonamides is 1. The summed E-state index contributed by atoms with van der Waals surface area (Å²) in [6.45, 7) is 0.404. The fraction of sp³-hybridized carbons (Fsp3) is 0.174. The van der Waals surface area contributed by atoms with Crippen molar-refractivity contribution in [2.75, 3.05) is 6.61 Å². The Hall–Kier alpha value is -2.94. The van der Waals surface area contributed by atoms with Crippen LogP contribution >= 0.6 is 11.3 Å². The van der Waals surface area contributed by atoms with Crippen molar-refractivity contribution >= 4 is 31.4 Å². The molecule has 1 unspecified atom stereocenters. The molecule has 0 radical (unpaired) electrons. The molecule has 2 N–H and O–H groups in total. The fourth-order valence-corrected chi connectivity index (χ4v) is 5.64. The summed E-state index contributed by atoms with van der Waals surface area (Å²) in [6, 6.07) is 18.9. The summed E-state index contributed by atoms with van der Waals surface area (Å²) in [5.41, 5.74) is 1.15. The maximum absolute atomic E-state index is 11.7. The molecule has 0 saturated carbocycles. The fourth-order valence-electron chi connectivity index (χ4n) is 3.90. The van der Waals surface area contributed by atoms with Crippen molar-refractivity contribution in [1.82, 2.24) is 4.98 Å². The largest absolute Gasteiger partial charge is 0.490 e. The first-order valence-corrected chi connectivity index (χ1v) is 12.2. The van der Waals surface area contributed by atoms with Gasteiger partial charge in [-0.25, -0.2) is 13.6 Å². The Morgan fingerprint density at radius 1 is 1.06 bits per heavy atom. The quantitative estimate of drug-likeness (QED) is 0.498. The second-order valence-corrected chi connectivity index (χ2v) is 10.1. The van der Waals surface area contributed by atoms with E-state index in [0.29, 0.717) is 24.5 Å². The summed E-state index contributed by atoms with van der Waals surface area (Å²) in [4.78, 5) is 5.43. The zero-order valence-corrected chi connectivity index (χ0v) is 18.1. The van der Waals surface area contributed by atoms with Gasteiger partial charge in [0, 0.05) is 29.8 Å². The number of benzene rings is 2. The summed E-state index contributed by atoms with van der Waals surface area (Å²) >= 11 is 1.71. The predicted octanol–water partition coefficient (Wildman–Crippen LogP) is 4.31. The van der Waals surface area contributed by atoms with E-state index in [9.17, 15) is 8.42 Å². The average molecular weight is 453 g/mol. The summed E-state index contributed by atoms with van der Waals surface area (Å²) in [5.74, 6) is 0.894. The molecule has 3 heterocycles. The molecule has 0 aliphatic carbocycles. The standard InChI is InChI=1S/C23H20N2O4S2/c24-31(26,27)17-6-7-18-20(13-17)28-11-9-19(29-18)23(15-4-2-1-3-5-15)21-12-16-8-10-25-14-22(16)30-21/h1-8,10,12-14,19,23H,9,11H2,(H2,24,26,27)/t19?,23-/m1/s1. The second-order valence-electron chi connectivity index (χ2n) is 7.40. The van der Waals surface area contributed by atoms with E-state index in [-0.39, 0.29) is 16.9 Å². The maximum atomic E-state index is 11.7. The first-order chi connectivity index (χ1) is 15.0. The molecule has 2 aromatic heterocycles. The Morgan fingerprint density at radius 3 is 2.68 bits per heavy atom. The highest BCUT2D eigenvalue weighted by molar-refractivity contribution is 7.89. The number of rotatable bonds is 4. The van der Waals surface area contributed by atoms with Crippen LogP contribution in [0.3, 0.4) is 0 Å². The van der Waals surface area contributed by atoms with Gasteiger partial charge < -0.3 is 9.47 Å². The van der Waals surface area contributed by atoms with Gasteiger partial charge in [0.25, 0.3) is 0 Å². The minimum atomic E-state index is -3.82. The van der Waals surface area contributed by atoms with E-state index in [0.717, 1.165) is 15.6 Å². The van der Waals surface area contributed by atoms with E-state index < -0.39 is 10.0 Å². The van der Waals surface area contributed by atoms with Gasteiger partial charge in [-0.05, 0) is 35.2 Å². The van der Waals surface area contributed by atoms with Gasteiger partial charge in [0.15, 0.2) is 11.5 Å². The normalized spacial score (nSPS) is 17.3. The smallest absolute Gasteiger partial charge is 0.238 e. The van der Waals surface area contributed by atoms with Gasteiger partial charge in [-0.15, -0.1) is 11.3 Å². The molecule has 8 heteroatoms. The highest BCUT2D eigenvalue weighted by Crippen LogP contribution is 2.41. The maximum Gasteiger partial charge on any atom is 0.238 e. The van der Waals surface area contributed by atoms with Crippen LogP contribution in [0.25, 0.3) is 10.1 Å². The molecule has 0 fully saturated rings. The molecule has 0 saturated heterocycles. The van der Waals surface area contributed by atoms with Crippen molar-refractivity contribution in [1.29, 1.82) is 0 Å². The van der Waals surface area contributed by atoms with Crippen molar-refractivity contribution in [2.45, 2.75) is 23.3 Å². The van der Waals surface area contributed by atoms with E-state index in [1.165, 1.54) is 17.0 Å². The third-order valence-corrected chi connectivity index (χ3v) is 7.44. The minimum absolute atomic E-state index is 0.00455. The van der Waals surface area contributed by atoms with E-state index in [1.807, 2.05) is 30.5 Å². The SMILES string of the molecule is NS(=O)(=O)c1ccc2c(c1)OCCC([C@@H](c1ccccc1)c1cc3ccncc3s1)O2. The van der Waals surface area contributed by atoms with Gasteiger partial charge in [-0.1, -0.05) is 30.3 Å². The highest BCUT2D eigenvalue weighted by Gasteiger charge is 2.31. The summed E-state index contributed by atoms with van der Waals surface area (Å²) in [5, 5.41) is 6.42. The van der Waals surface area contributed by atoms with Crippen LogP contribution in [0.5, 0.6) is 11.5 Å². The predicted molar refractivity (Wildman–Crippen MR) is 120 cm³/mol. The molecule has 158 valence electrons. The van der Waals surface area contributed by atoms with Crippen molar-refractivity contribution in [3.8, 4) is 11.5 Å². The van der Waals surface area contributed by atoms with Crippen LogP contribution in [0.2, 0.25) is 0 Å². The van der Waals surface area contributed by atoms with E-state index in [1.54, 1.807) is 23.6 Å². The Balaban J connectivity index is 1.57. The van der Waals surface area contributed by atoms with Crippen LogP contribution in [0.15, 0.2) is 78.0 Å². The van der Waals surface area contributed by atoms with Crippen LogP contribution in [0, 0.1) is 0 Å². The molecule has 31 heavy (non-hydrogen) atoms. The number of nitrogens with zero attached hydrogens (tertiary/aromatic N) is 1. The third kappa shape index (κ3) is 4.01. The van der Waals surface area contributed by atoms with Crippen molar-refractivity contribution in [2.24, 2.45) is 5.14 Å². The highest BCUT2D eigenvalue weighted by atomic mass is 32.2. The van der Waals surface area contributed by atoms with Crippen LogP contribution in [-0.4, -0.2) is 26.1 Å². The number of ether oxygens (including phenoxy) is 2. The lowest BCUT2D eigenvalue weighted by Crippen LogP contribution is -2.26. The molecule has 5 rings (SSSR count). The lowest BCUT2D eigenvalue weighted by molar-refractivity contribution is 0.174. The molecule has 2 atom stereocenters. The summed E-state index contributed by atoms with van der Waals surface area (Å²) in [7, 11) is -3.82. The Morgan fingerprint density at radius 2 is 1.90 bits per heavy atom. The number of thiophene rings is 1. The molecule has 4 aromatic rings. The number of nitrogens with two attached hydrogens (primary N) is 1. The summed E-state index contributed by atoms with van der Waals surface area (Å²) in [6.07, 6.45) is 4.13. The number of hydrogen-bond acceptors (Lipinski definition) is 6. The lowest BCUT2D eigenvalue weighted by Gasteiger charge is -2.26. The van der Waals surface area contributed by atoms with Crippen LogP contribution < -0.4 is 14.6 Å². The molecule has 0 spiro atoms. The van der Waals surface area contributed by atoms with Gasteiger partial charge in [0.1, 0.15) is 6.10 Å². The van der Waals surface area contributed by atoms with E-state index >= 15 is 0 Å². The zero-order chi connectivity index (χ0) is 21.4. The number of fused-ring (bicyclic) bond motifs is 2. The second kappa shape index (κ2) is 7.96. The van der Waals surface area contributed by atoms with Gasteiger partial charge >= 0.3 is 0 Å². The molecular weight excluding hydrogens is 432 g/mol. The lowest BCUT2D eigenvalue weighted by atomic mass is 9.90. The molecule has 6 nitrogen and oxygen atoms in total. The van der Waals surface area contributed by atoms with Gasteiger partial charge in [0.05, 0.1) is 22.1 Å². The molecule has 1 aliphatic heterocycles. The molecule has 0 bridgehead atoms. The number of pyridine rings is 1. The number of aromatic nitrogens is 1. The van der Waals surface area contributed by atoms with Crippen LogP contribution in [0.1, 0.15) is 22.8 Å².